The lowest BCUT2D eigenvalue weighted by molar-refractivity contribution is -0.383. The second kappa shape index (κ2) is 21.7. The zero-order valence-electron chi connectivity index (χ0n) is 30.6. The molecule has 0 spiro atoms. The number of fused-ring (bicyclic) bond motifs is 1. The lowest BCUT2D eigenvalue weighted by Crippen LogP contribution is -2.33. The van der Waals surface area contributed by atoms with Crippen molar-refractivity contribution in [3.05, 3.63) is 22.2 Å². The molecule has 2 rings (SSSR count). The normalized spacial score (nSPS) is 13.2. The van der Waals surface area contributed by atoms with Crippen molar-refractivity contribution in [1.82, 2.24) is 26.3 Å². The fourth-order valence-electron chi connectivity index (χ4n) is 5.30. The highest BCUT2D eigenvalue weighted by atomic mass is 16.6. The van der Waals surface area contributed by atoms with Gasteiger partial charge in [0.05, 0.1) is 10.6 Å². The van der Waals surface area contributed by atoms with Crippen LogP contribution in [0.1, 0.15) is 112 Å². The Labute approximate surface area is 294 Å². The Bertz CT molecular complexity index is 1390. The molecule has 15 nitrogen and oxygen atoms in total. The molecule has 1 aromatic heterocycles. The third kappa shape index (κ3) is 15.9. The molecule has 4 N–H and O–H groups in total. The van der Waals surface area contributed by atoms with Crippen LogP contribution in [-0.4, -0.2) is 70.7 Å². The van der Waals surface area contributed by atoms with Gasteiger partial charge in [0.25, 0.3) is 0 Å². The van der Waals surface area contributed by atoms with Crippen LogP contribution in [0.2, 0.25) is 0 Å². The molecule has 0 radical (unpaired) electrons. The van der Waals surface area contributed by atoms with Gasteiger partial charge < -0.3 is 26.0 Å². The summed E-state index contributed by atoms with van der Waals surface area (Å²) in [7, 11) is 0. The predicted molar refractivity (Wildman–Crippen MR) is 190 cm³/mol. The van der Waals surface area contributed by atoms with Crippen LogP contribution in [-0.2, 0) is 19.1 Å². The molecule has 0 fully saturated rings. The summed E-state index contributed by atoms with van der Waals surface area (Å²) in [6, 6.07) is 2.90. The average Bonchev–Trinajstić information content (AvgIpc) is 3.55. The summed E-state index contributed by atoms with van der Waals surface area (Å²) < 4.78 is 9.88. The molecule has 50 heavy (non-hydrogen) atoms. The van der Waals surface area contributed by atoms with Gasteiger partial charge in [-0.05, 0) is 82.1 Å². The van der Waals surface area contributed by atoms with Crippen molar-refractivity contribution in [2.45, 2.75) is 118 Å². The summed E-state index contributed by atoms with van der Waals surface area (Å²) in [6.07, 6.45) is 7.70. The number of non-ortho nitro benzene ring substituents is 1. The highest BCUT2D eigenvalue weighted by Crippen LogP contribution is 2.28. The van der Waals surface area contributed by atoms with Crippen molar-refractivity contribution < 1.29 is 33.5 Å². The molecule has 0 aliphatic heterocycles. The first-order valence-electron chi connectivity index (χ1n) is 17.9. The molecule has 0 aliphatic rings. The third-order valence-corrected chi connectivity index (χ3v) is 8.41. The number of alkyl carbamates (subject to hydrolysis) is 1. The van der Waals surface area contributed by atoms with E-state index in [1.165, 1.54) is 6.07 Å². The van der Waals surface area contributed by atoms with Gasteiger partial charge in [-0.1, -0.05) is 40.0 Å². The van der Waals surface area contributed by atoms with Crippen molar-refractivity contribution >= 4 is 46.1 Å². The topological polar surface area (TPSA) is 208 Å². The maximum atomic E-state index is 12.6. The number of Topliss-reactive ketones (excluding diaryl/α,β-unsaturated/α-hetero) is 1. The lowest BCUT2D eigenvalue weighted by atomic mass is 9.96. The molecule has 0 unspecified atom stereocenters. The molecule has 0 saturated heterocycles. The quantitative estimate of drug-likeness (QED) is 0.0560. The fraction of sp³-hybridized carbons (Fsp3) is 0.714. The highest BCUT2D eigenvalue weighted by molar-refractivity contribution is 5.93. The molecule has 0 aliphatic carbocycles. The number of hydrogen-bond donors (Lipinski definition) is 4. The first-order chi connectivity index (χ1) is 23.7. The van der Waals surface area contributed by atoms with E-state index in [0.717, 1.165) is 57.8 Å². The third-order valence-electron chi connectivity index (χ3n) is 8.41. The van der Waals surface area contributed by atoms with Crippen LogP contribution in [0.3, 0.4) is 0 Å². The van der Waals surface area contributed by atoms with Crippen molar-refractivity contribution in [2.24, 2.45) is 17.8 Å². The maximum Gasteiger partial charge on any atom is 0.407 e. The Morgan fingerprint density at radius 1 is 0.760 bits per heavy atom. The van der Waals surface area contributed by atoms with Crippen molar-refractivity contribution in [3.8, 4) is 0 Å². The van der Waals surface area contributed by atoms with Gasteiger partial charge >= 0.3 is 11.8 Å². The second-order valence-electron chi connectivity index (χ2n) is 14.0. The number of nitro benzene ring substituents is 1. The molecule has 2 aromatic rings. The van der Waals surface area contributed by atoms with Gasteiger partial charge in [0.15, 0.2) is 5.52 Å². The number of carbonyl (C=O) groups is 4. The Kier molecular flexibility index (Phi) is 18.2. The summed E-state index contributed by atoms with van der Waals surface area (Å²) in [5, 5.41) is 30.4. The first kappa shape index (κ1) is 41.9. The molecule has 3 atom stereocenters. The van der Waals surface area contributed by atoms with Crippen molar-refractivity contribution in [1.29, 1.82) is 0 Å². The molecule has 15 heteroatoms. The minimum Gasteiger partial charge on any atom is -0.444 e. The average molecular weight is 704 g/mol. The number of aromatic nitrogens is 2. The molecule has 3 amide bonds. The standard InChI is InChI=1S/C35H57N7O8/c1-24(29(43)17-13-23-36-27-18-19-28(42(47)48)31-30(27)40-50-41-31)14-7-10-20-37-32(44)25(2)15-8-11-21-38-33(45)26(3)16-9-12-22-39-34(46)49-35(4,5)6/h18-19,24-26,36H,7-17,20-23H2,1-6H3,(H,37,44)(H,38,45)(H,39,46)/t24-,25-,26-/m0/s1. The van der Waals surface area contributed by atoms with Crippen LogP contribution in [0.25, 0.3) is 11.0 Å². The zero-order chi connectivity index (χ0) is 37.1. The molecule has 0 saturated carbocycles. The monoisotopic (exact) mass is 703 g/mol. The summed E-state index contributed by atoms with van der Waals surface area (Å²) in [5.74, 6) is -0.0749. The predicted octanol–water partition coefficient (Wildman–Crippen LogP) is 6.07. The number of ether oxygens (including phenoxy) is 1. The van der Waals surface area contributed by atoms with E-state index in [0.29, 0.717) is 44.7 Å². The van der Waals surface area contributed by atoms with Gasteiger partial charge in [-0.2, -0.15) is 0 Å². The SMILES string of the molecule is C[C@@H](CCCCNC(=O)[C@@H](C)CCCCNC(=O)[C@@H](C)CCCCNC(=O)OC(C)(C)C)C(=O)CCCNc1ccc([N+](=O)[O-])c2nonc12. The number of rotatable bonds is 24. The minimum absolute atomic E-state index is 0.0205. The minimum atomic E-state index is -0.539. The Morgan fingerprint density at radius 3 is 1.82 bits per heavy atom. The molecular weight excluding hydrogens is 646 g/mol. The first-order valence-corrected chi connectivity index (χ1v) is 17.9. The molecule has 1 aromatic carbocycles. The summed E-state index contributed by atoms with van der Waals surface area (Å²) in [4.78, 5) is 59.7. The number of benzene rings is 1. The van der Waals surface area contributed by atoms with Crippen molar-refractivity contribution in [2.75, 3.05) is 31.5 Å². The molecule has 280 valence electrons. The lowest BCUT2D eigenvalue weighted by Gasteiger charge is -2.19. The largest absolute Gasteiger partial charge is 0.444 e. The van der Waals surface area contributed by atoms with Crippen LogP contribution in [0, 0.1) is 27.9 Å². The van der Waals surface area contributed by atoms with Crippen LogP contribution < -0.4 is 21.3 Å². The van der Waals surface area contributed by atoms with Gasteiger partial charge in [0.2, 0.25) is 17.3 Å². The van der Waals surface area contributed by atoms with Crippen LogP contribution in [0.15, 0.2) is 16.8 Å². The molecule has 0 bridgehead atoms. The summed E-state index contributed by atoms with van der Waals surface area (Å²) in [6.45, 7) is 13.4. The Balaban J connectivity index is 1.47. The van der Waals surface area contributed by atoms with E-state index >= 15 is 0 Å². The van der Waals surface area contributed by atoms with Crippen LogP contribution >= 0.6 is 0 Å². The van der Waals surface area contributed by atoms with Crippen LogP contribution in [0.4, 0.5) is 16.2 Å². The van der Waals surface area contributed by atoms with E-state index in [4.69, 9.17) is 4.74 Å². The number of amides is 3. The molecular formula is C35H57N7O8. The number of anilines is 1. The van der Waals surface area contributed by atoms with Gasteiger partial charge in [-0.25, -0.2) is 9.42 Å². The number of nitro groups is 1. The zero-order valence-corrected chi connectivity index (χ0v) is 30.6. The van der Waals surface area contributed by atoms with Crippen LogP contribution in [0.5, 0.6) is 0 Å². The highest BCUT2D eigenvalue weighted by Gasteiger charge is 2.20. The number of nitrogens with one attached hydrogen (secondary N) is 4. The maximum absolute atomic E-state index is 12.6. The number of hydrogen-bond acceptors (Lipinski definition) is 11. The van der Waals surface area contributed by atoms with E-state index in [1.807, 2.05) is 41.5 Å². The van der Waals surface area contributed by atoms with Crippen molar-refractivity contribution in [3.63, 3.8) is 0 Å². The van der Waals surface area contributed by atoms with E-state index in [-0.39, 0.29) is 52.1 Å². The fourth-order valence-corrected chi connectivity index (χ4v) is 5.30. The number of ketones is 1. The summed E-state index contributed by atoms with van der Waals surface area (Å²) in [5.41, 5.74) is 0.222. The van der Waals surface area contributed by atoms with Gasteiger partial charge in [-0.15, -0.1) is 0 Å². The van der Waals surface area contributed by atoms with E-state index in [1.54, 1.807) is 6.07 Å². The summed E-state index contributed by atoms with van der Waals surface area (Å²) >= 11 is 0. The van der Waals surface area contributed by atoms with Gasteiger partial charge in [0.1, 0.15) is 11.4 Å². The smallest absolute Gasteiger partial charge is 0.407 e. The van der Waals surface area contributed by atoms with Gasteiger partial charge in [-0.3, -0.25) is 24.5 Å². The van der Waals surface area contributed by atoms with E-state index < -0.39 is 16.6 Å². The van der Waals surface area contributed by atoms with E-state index in [9.17, 15) is 29.3 Å². The van der Waals surface area contributed by atoms with Gasteiger partial charge in [0, 0.05) is 56.4 Å². The number of unbranched alkanes of at least 4 members (excludes halogenated alkanes) is 3. The van der Waals surface area contributed by atoms with E-state index in [2.05, 4.69) is 36.2 Å². The second-order valence-corrected chi connectivity index (χ2v) is 14.0. The number of nitrogens with zero attached hydrogens (tertiary/aromatic N) is 3. The Morgan fingerprint density at radius 2 is 1.28 bits per heavy atom. The molecule has 1 heterocycles. The number of carbonyl (C=O) groups excluding carboxylic acids is 4. The Hall–Kier alpha value is -4.30.